The normalized spacial score (nSPS) is 19.7. The van der Waals surface area contributed by atoms with Gasteiger partial charge in [-0.05, 0) is 25.8 Å². The Morgan fingerprint density at radius 3 is 2.27 bits per heavy atom. The molecule has 66 valence electrons. The number of aliphatic carboxylic acids is 1. The number of rotatable bonds is 3. The van der Waals surface area contributed by atoms with E-state index in [1.807, 2.05) is 0 Å². The Morgan fingerprint density at radius 2 is 2.18 bits per heavy atom. The first-order valence-electron chi connectivity index (χ1n) is 3.65. The molecular formula is C7H14ClNO2. The van der Waals surface area contributed by atoms with Crippen molar-refractivity contribution < 1.29 is 9.90 Å². The molecule has 1 unspecified atom stereocenters. The molecule has 1 saturated carbocycles. The third kappa shape index (κ3) is 2.34. The van der Waals surface area contributed by atoms with Crippen molar-refractivity contribution in [2.24, 2.45) is 5.92 Å². The average Bonchev–Trinajstić information content (AvgIpc) is 1.76. The Kier molecular flexibility index (Phi) is 4.45. The van der Waals surface area contributed by atoms with Gasteiger partial charge in [0.1, 0.15) is 6.04 Å². The second-order valence-electron chi connectivity index (χ2n) is 2.80. The summed E-state index contributed by atoms with van der Waals surface area (Å²) in [6.07, 6.45) is 3.33. The van der Waals surface area contributed by atoms with Gasteiger partial charge in [-0.1, -0.05) is 6.42 Å². The van der Waals surface area contributed by atoms with E-state index in [-0.39, 0.29) is 18.4 Å². The number of halogens is 1. The summed E-state index contributed by atoms with van der Waals surface area (Å²) in [6, 6.07) is -0.311. The SMILES string of the molecule is CNC(C(=O)O)C1CCC1.Cl. The first-order chi connectivity index (χ1) is 4.75. The molecule has 11 heavy (non-hydrogen) atoms. The summed E-state index contributed by atoms with van der Waals surface area (Å²) in [7, 11) is 1.71. The number of carboxylic acid groups (broad SMARTS) is 1. The molecule has 3 nitrogen and oxygen atoms in total. The molecule has 1 fully saturated rings. The lowest BCUT2D eigenvalue weighted by atomic mass is 9.80. The smallest absolute Gasteiger partial charge is 0.320 e. The van der Waals surface area contributed by atoms with Gasteiger partial charge in [-0.25, -0.2) is 0 Å². The fraction of sp³-hybridized carbons (Fsp3) is 0.857. The highest BCUT2D eigenvalue weighted by molar-refractivity contribution is 5.85. The van der Waals surface area contributed by atoms with Crippen molar-refractivity contribution in [1.29, 1.82) is 0 Å². The minimum absolute atomic E-state index is 0. The van der Waals surface area contributed by atoms with Crippen molar-refractivity contribution in [2.45, 2.75) is 25.3 Å². The van der Waals surface area contributed by atoms with Crippen molar-refractivity contribution in [2.75, 3.05) is 7.05 Å². The number of hydrogen-bond donors (Lipinski definition) is 2. The largest absolute Gasteiger partial charge is 0.480 e. The Labute approximate surface area is 72.6 Å². The van der Waals surface area contributed by atoms with Gasteiger partial charge in [0.2, 0.25) is 0 Å². The summed E-state index contributed by atoms with van der Waals surface area (Å²) in [5, 5.41) is 11.5. The molecule has 0 bridgehead atoms. The fourth-order valence-corrected chi connectivity index (χ4v) is 1.33. The fourth-order valence-electron chi connectivity index (χ4n) is 1.33. The van der Waals surface area contributed by atoms with Crippen LogP contribution < -0.4 is 5.32 Å². The highest BCUT2D eigenvalue weighted by Gasteiger charge is 2.30. The Hall–Kier alpha value is -0.280. The maximum absolute atomic E-state index is 10.5. The van der Waals surface area contributed by atoms with E-state index in [0.29, 0.717) is 5.92 Å². The van der Waals surface area contributed by atoms with Gasteiger partial charge in [-0.2, -0.15) is 0 Å². The zero-order valence-electron chi connectivity index (χ0n) is 6.54. The Morgan fingerprint density at radius 1 is 1.64 bits per heavy atom. The van der Waals surface area contributed by atoms with Gasteiger partial charge in [0.05, 0.1) is 0 Å². The summed E-state index contributed by atoms with van der Waals surface area (Å²) in [6.45, 7) is 0. The predicted octanol–water partition coefficient (Wildman–Crippen LogP) is 0.881. The van der Waals surface area contributed by atoms with Gasteiger partial charge in [-0.3, -0.25) is 4.79 Å². The van der Waals surface area contributed by atoms with E-state index in [2.05, 4.69) is 5.32 Å². The molecule has 0 aromatic carbocycles. The molecule has 1 rings (SSSR count). The number of likely N-dealkylation sites (N-methyl/N-ethyl adjacent to an activating group) is 1. The minimum Gasteiger partial charge on any atom is -0.480 e. The zero-order chi connectivity index (χ0) is 7.56. The first-order valence-corrected chi connectivity index (χ1v) is 3.65. The van der Waals surface area contributed by atoms with Crippen LogP contribution in [0.4, 0.5) is 0 Å². The number of carboxylic acids is 1. The van der Waals surface area contributed by atoms with Gasteiger partial charge in [0.25, 0.3) is 0 Å². The van der Waals surface area contributed by atoms with E-state index in [1.165, 1.54) is 6.42 Å². The van der Waals surface area contributed by atoms with Gasteiger partial charge < -0.3 is 10.4 Å². The van der Waals surface area contributed by atoms with Crippen molar-refractivity contribution >= 4 is 18.4 Å². The van der Waals surface area contributed by atoms with E-state index in [4.69, 9.17) is 5.11 Å². The topological polar surface area (TPSA) is 49.3 Å². The van der Waals surface area contributed by atoms with Crippen LogP contribution in [-0.4, -0.2) is 24.2 Å². The summed E-state index contributed by atoms with van der Waals surface area (Å²) < 4.78 is 0. The van der Waals surface area contributed by atoms with E-state index in [9.17, 15) is 4.79 Å². The Balaban J connectivity index is 0.000001000. The number of hydrogen-bond acceptors (Lipinski definition) is 2. The van der Waals surface area contributed by atoms with Gasteiger partial charge in [-0.15, -0.1) is 12.4 Å². The summed E-state index contributed by atoms with van der Waals surface area (Å²) in [4.78, 5) is 10.5. The second kappa shape index (κ2) is 4.57. The third-order valence-electron chi connectivity index (χ3n) is 2.20. The van der Waals surface area contributed by atoms with Crippen LogP contribution in [0, 0.1) is 5.92 Å². The summed E-state index contributed by atoms with van der Waals surface area (Å²) in [5.74, 6) is -0.338. The van der Waals surface area contributed by atoms with Crippen LogP contribution in [0.2, 0.25) is 0 Å². The molecule has 1 atom stereocenters. The molecular weight excluding hydrogens is 166 g/mol. The maximum Gasteiger partial charge on any atom is 0.320 e. The quantitative estimate of drug-likeness (QED) is 0.677. The van der Waals surface area contributed by atoms with Crippen molar-refractivity contribution in [3.8, 4) is 0 Å². The standard InChI is InChI=1S/C7H13NO2.ClH/c1-8-6(7(9)10)5-3-2-4-5;/h5-6,8H,2-4H2,1H3,(H,9,10);1H. The van der Waals surface area contributed by atoms with Crippen LogP contribution in [0.3, 0.4) is 0 Å². The van der Waals surface area contributed by atoms with Crippen LogP contribution in [-0.2, 0) is 4.79 Å². The van der Waals surface area contributed by atoms with Crippen LogP contribution in [0.25, 0.3) is 0 Å². The minimum atomic E-state index is -0.716. The molecule has 1 aliphatic rings. The monoisotopic (exact) mass is 179 g/mol. The molecule has 0 heterocycles. The molecule has 0 saturated heterocycles. The van der Waals surface area contributed by atoms with Gasteiger partial charge >= 0.3 is 5.97 Å². The van der Waals surface area contributed by atoms with Gasteiger partial charge in [0.15, 0.2) is 0 Å². The molecule has 4 heteroatoms. The predicted molar refractivity (Wildman–Crippen MR) is 45.1 cm³/mol. The molecule has 0 radical (unpaired) electrons. The highest BCUT2D eigenvalue weighted by Crippen LogP contribution is 2.29. The molecule has 0 aromatic heterocycles. The highest BCUT2D eigenvalue weighted by atomic mass is 35.5. The molecule has 2 N–H and O–H groups in total. The number of carbonyl (C=O) groups is 1. The lowest BCUT2D eigenvalue weighted by Crippen LogP contribution is -2.43. The molecule has 0 aliphatic heterocycles. The Bertz CT molecular complexity index is 136. The lowest BCUT2D eigenvalue weighted by Gasteiger charge is -2.30. The van der Waals surface area contributed by atoms with Crippen molar-refractivity contribution in [3.05, 3.63) is 0 Å². The first kappa shape index (κ1) is 10.7. The van der Waals surface area contributed by atoms with Crippen LogP contribution in [0.1, 0.15) is 19.3 Å². The van der Waals surface area contributed by atoms with Crippen molar-refractivity contribution in [1.82, 2.24) is 5.32 Å². The van der Waals surface area contributed by atoms with Crippen LogP contribution in [0.15, 0.2) is 0 Å². The summed E-state index contributed by atoms with van der Waals surface area (Å²) >= 11 is 0. The van der Waals surface area contributed by atoms with E-state index in [0.717, 1.165) is 12.8 Å². The second-order valence-corrected chi connectivity index (χ2v) is 2.80. The van der Waals surface area contributed by atoms with E-state index in [1.54, 1.807) is 7.05 Å². The summed E-state index contributed by atoms with van der Waals surface area (Å²) in [5.41, 5.74) is 0. The molecule has 0 amide bonds. The molecule has 0 spiro atoms. The third-order valence-corrected chi connectivity index (χ3v) is 2.20. The lowest BCUT2D eigenvalue weighted by molar-refractivity contribution is -0.141. The average molecular weight is 180 g/mol. The zero-order valence-corrected chi connectivity index (χ0v) is 7.36. The van der Waals surface area contributed by atoms with E-state index < -0.39 is 5.97 Å². The van der Waals surface area contributed by atoms with Crippen LogP contribution >= 0.6 is 12.4 Å². The molecule has 0 aromatic rings. The number of nitrogens with one attached hydrogen (secondary N) is 1. The van der Waals surface area contributed by atoms with Crippen LogP contribution in [0.5, 0.6) is 0 Å². The maximum atomic E-state index is 10.5. The van der Waals surface area contributed by atoms with Crippen molar-refractivity contribution in [3.63, 3.8) is 0 Å². The van der Waals surface area contributed by atoms with Gasteiger partial charge in [0, 0.05) is 0 Å². The molecule has 1 aliphatic carbocycles. The van der Waals surface area contributed by atoms with E-state index >= 15 is 0 Å².